The van der Waals surface area contributed by atoms with Crippen LogP contribution in [0.1, 0.15) is 5.56 Å². The lowest BCUT2D eigenvalue weighted by Gasteiger charge is -2.37. The van der Waals surface area contributed by atoms with Crippen LogP contribution in [-0.2, 0) is 13.2 Å². The van der Waals surface area contributed by atoms with E-state index in [0.29, 0.717) is 43.2 Å². The van der Waals surface area contributed by atoms with E-state index < -0.39 is 11.7 Å². The van der Waals surface area contributed by atoms with Gasteiger partial charge < -0.3 is 9.80 Å². The van der Waals surface area contributed by atoms with Crippen LogP contribution >= 0.6 is 0 Å². The van der Waals surface area contributed by atoms with Crippen molar-refractivity contribution in [3.05, 3.63) is 46.4 Å². The average molecular weight is 378 g/mol. The molecule has 1 saturated heterocycles. The number of rotatable bonds is 2. The van der Waals surface area contributed by atoms with Gasteiger partial charge in [-0.25, -0.2) is 0 Å². The minimum Gasteiger partial charge on any atom is -0.367 e. The smallest absolute Gasteiger partial charge is 0.367 e. The van der Waals surface area contributed by atoms with Crippen LogP contribution in [0, 0.1) is 0 Å². The molecule has 0 unspecified atom stereocenters. The second-order valence-corrected chi connectivity index (χ2v) is 6.38. The Morgan fingerprint density at radius 3 is 2.44 bits per heavy atom. The normalized spacial score (nSPS) is 15.6. The molecule has 10 heteroatoms. The number of aromatic nitrogens is 4. The van der Waals surface area contributed by atoms with E-state index in [4.69, 9.17) is 0 Å². The Morgan fingerprint density at radius 2 is 1.74 bits per heavy atom. The number of aryl methyl sites for hydroxylation is 1. The number of para-hydroxylation sites is 1. The summed E-state index contributed by atoms with van der Waals surface area (Å²) in [5.41, 5.74) is -0.277. The van der Waals surface area contributed by atoms with Crippen molar-refractivity contribution in [1.82, 2.24) is 19.7 Å². The molecule has 1 fully saturated rings. The molecule has 27 heavy (non-hydrogen) atoms. The molecule has 0 amide bonds. The Bertz CT molecular complexity index is 1030. The first-order valence-corrected chi connectivity index (χ1v) is 8.43. The van der Waals surface area contributed by atoms with Gasteiger partial charge >= 0.3 is 6.18 Å². The molecule has 0 spiro atoms. The van der Waals surface area contributed by atoms with Crippen LogP contribution in [-0.4, -0.2) is 45.9 Å². The largest absolute Gasteiger partial charge is 0.418 e. The summed E-state index contributed by atoms with van der Waals surface area (Å²) in [4.78, 5) is 22.9. The molecule has 1 aromatic carbocycles. The number of benzene rings is 1. The van der Waals surface area contributed by atoms with Gasteiger partial charge in [0.15, 0.2) is 5.65 Å². The third-order valence-electron chi connectivity index (χ3n) is 4.72. The SMILES string of the molecule is Cn1ncc2c(=O)[nH]c(N3CCN(c4ccccc4C(F)(F)F)CC3)nc21. The highest BCUT2D eigenvalue weighted by molar-refractivity contribution is 5.74. The third-order valence-corrected chi connectivity index (χ3v) is 4.72. The lowest BCUT2D eigenvalue weighted by Crippen LogP contribution is -2.48. The Balaban J connectivity index is 1.57. The van der Waals surface area contributed by atoms with Gasteiger partial charge in [-0.15, -0.1) is 0 Å². The first-order chi connectivity index (χ1) is 12.8. The number of nitrogens with one attached hydrogen (secondary N) is 1. The Hall–Kier alpha value is -3.04. The van der Waals surface area contributed by atoms with Crippen LogP contribution in [0.2, 0.25) is 0 Å². The number of H-pyrrole nitrogens is 1. The number of halogens is 3. The van der Waals surface area contributed by atoms with Crippen LogP contribution in [0.3, 0.4) is 0 Å². The molecule has 0 saturated carbocycles. The molecule has 142 valence electrons. The van der Waals surface area contributed by atoms with Crippen LogP contribution in [0.25, 0.3) is 11.0 Å². The summed E-state index contributed by atoms with van der Waals surface area (Å²) in [6.07, 6.45) is -2.94. The Kier molecular flexibility index (Phi) is 4.05. The lowest BCUT2D eigenvalue weighted by atomic mass is 10.1. The van der Waals surface area contributed by atoms with Crippen LogP contribution in [0.5, 0.6) is 0 Å². The Morgan fingerprint density at radius 1 is 1.07 bits per heavy atom. The number of piperazine rings is 1. The highest BCUT2D eigenvalue weighted by Crippen LogP contribution is 2.36. The summed E-state index contributed by atoms with van der Waals surface area (Å²) in [7, 11) is 1.70. The zero-order valence-electron chi connectivity index (χ0n) is 14.5. The van der Waals surface area contributed by atoms with E-state index in [1.54, 1.807) is 18.0 Å². The summed E-state index contributed by atoms with van der Waals surface area (Å²) < 4.78 is 41.3. The fourth-order valence-electron chi connectivity index (χ4n) is 3.32. The number of alkyl halides is 3. The monoisotopic (exact) mass is 378 g/mol. The minimum absolute atomic E-state index is 0.174. The van der Waals surface area contributed by atoms with Crippen molar-refractivity contribution >= 4 is 22.7 Å². The van der Waals surface area contributed by atoms with Crippen molar-refractivity contribution in [2.75, 3.05) is 36.0 Å². The number of aromatic amines is 1. The summed E-state index contributed by atoms with van der Waals surface area (Å²) in [6, 6.07) is 5.57. The van der Waals surface area contributed by atoms with Crippen molar-refractivity contribution < 1.29 is 13.2 Å². The molecule has 1 aliphatic rings. The maximum atomic E-state index is 13.2. The second-order valence-electron chi connectivity index (χ2n) is 6.38. The number of fused-ring (bicyclic) bond motifs is 1. The zero-order chi connectivity index (χ0) is 19.2. The van der Waals surface area contributed by atoms with E-state index in [9.17, 15) is 18.0 Å². The van der Waals surface area contributed by atoms with E-state index in [1.165, 1.54) is 23.0 Å². The van der Waals surface area contributed by atoms with Gasteiger partial charge in [0, 0.05) is 38.9 Å². The number of hydrogen-bond acceptors (Lipinski definition) is 5. The van der Waals surface area contributed by atoms with Crippen molar-refractivity contribution in [3.63, 3.8) is 0 Å². The molecule has 3 heterocycles. The highest BCUT2D eigenvalue weighted by Gasteiger charge is 2.35. The summed E-state index contributed by atoms with van der Waals surface area (Å²) in [5.74, 6) is 0.403. The van der Waals surface area contributed by atoms with Gasteiger partial charge in [0.05, 0.1) is 11.8 Å². The fourth-order valence-corrected chi connectivity index (χ4v) is 3.32. The van der Waals surface area contributed by atoms with Gasteiger partial charge in [-0.1, -0.05) is 12.1 Å². The van der Waals surface area contributed by atoms with Crippen molar-refractivity contribution in [3.8, 4) is 0 Å². The van der Waals surface area contributed by atoms with Crippen molar-refractivity contribution in [2.24, 2.45) is 7.05 Å². The maximum absolute atomic E-state index is 13.2. The van der Waals surface area contributed by atoms with Gasteiger partial charge in [-0.3, -0.25) is 14.5 Å². The number of hydrogen-bond donors (Lipinski definition) is 1. The predicted octanol–water partition coefficient (Wildman–Crippen LogP) is 2.00. The molecule has 1 N–H and O–H groups in total. The van der Waals surface area contributed by atoms with Crippen molar-refractivity contribution in [1.29, 1.82) is 0 Å². The molecule has 2 aromatic heterocycles. The summed E-state index contributed by atoms with van der Waals surface area (Å²) in [5, 5.41) is 4.43. The topological polar surface area (TPSA) is 70.1 Å². The lowest BCUT2D eigenvalue weighted by molar-refractivity contribution is -0.137. The van der Waals surface area contributed by atoms with E-state index in [1.807, 2.05) is 4.90 Å². The van der Waals surface area contributed by atoms with E-state index in [-0.39, 0.29) is 11.2 Å². The van der Waals surface area contributed by atoms with Crippen LogP contribution in [0.15, 0.2) is 35.3 Å². The molecule has 1 aliphatic heterocycles. The van der Waals surface area contributed by atoms with Gasteiger partial charge in [-0.05, 0) is 12.1 Å². The third kappa shape index (κ3) is 3.11. The highest BCUT2D eigenvalue weighted by atomic mass is 19.4. The summed E-state index contributed by atoms with van der Waals surface area (Å²) in [6.45, 7) is 1.66. The van der Waals surface area contributed by atoms with Crippen molar-refractivity contribution in [2.45, 2.75) is 6.18 Å². The molecule has 4 rings (SSSR count). The molecule has 0 aliphatic carbocycles. The standard InChI is InChI=1S/C17H17F3N6O/c1-24-14-11(10-21-24)15(27)23-16(22-14)26-8-6-25(7-9-26)13-5-3-2-4-12(13)17(18,19)20/h2-5,10H,6-9H2,1H3,(H,22,23,27). The fraction of sp³-hybridized carbons (Fsp3) is 0.353. The van der Waals surface area contributed by atoms with E-state index in [0.717, 1.165) is 6.07 Å². The molecular formula is C17H17F3N6O. The molecular weight excluding hydrogens is 361 g/mol. The van der Waals surface area contributed by atoms with Gasteiger partial charge in [0.2, 0.25) is 5.95 Å². The van der Waals surface area contributed by atoms with Gasteiger partial charge in [0.1, 0.15) is 5.39 Å². The molecule has 3 aromatic rings. The average Bonchev–Trinajstić information content (AvgIpc) is 3.03. The quantitative estimate of drug-likeness (QED) is 0.739. The predicted molar refractivity (Wildman–Crippen MR) is 95.0 cm³/mol. The van der Waals surface area contributed by atoms with Gasteiger partial charge in [-0.2, -0.15) is 23.3 Å². The molecule has 0 bridgehead atoms. The number of nitrogens with zero attached hydrogens (tertiary/aromatic N) is 5. The van der Waals surface area contributed by atoms with Gasteiger partial charge in [0.25, 0.3) is 5.56 Å². The minimum atomic E-state index is -4.40. The second kappa shape index (κ2) is 6.29. The maximum Gasteiger partial charge on any atom is 0.418 e. The summed E-state index contributed by atoms with van der Waals surface area (Å²) >= 11 is 0. The van der Waals surface area contributed by atoms with Crippen LogP contribution < -0.4 is 15.4 Å². The van der Waals surface area contributed by atoms with E-state index in [2.05, 4.69) is 15.1 Å². The molecule has 0 radical (unpaired) electrons. The Labute approximate surface area is 152 Å². The number of anilines is 2. The first kappa shape index (κ1) is 17.4. The molecule has 7 nitrogen and oxygen atoms in total. The van der Waals surface area contributed by atoms with Crippen LogP contribution in [0.4, 0.5) is 24.8 Å². The first-order valence-electron chi connectivity index (χ1n) is 8.43. The van der Waals surface area contributed by atoms with E-state index >= 15 is 0 Å². The zero-order valence-corrected chi connectivity index (χ0v) is 14.5. The molecule has 0 atom stereocenters.